The third-order valence-corrected chi connectivity index (χ3v) is 4.40. The number of benzene rings is 1. The first-order valence-corrected chi connectivity index (χ1v) is 7.02. The summed E-state index contributed by atoms with van der Waals surface area (Å²) in [5.74, 6) is 0. The number of piperidine rings is 1. The first-order valence-electron chi connectivity index (χ1n) is 7.02. The van der Waals surface area contributed by atoms with Gasteiger partial charge in [0.15, 0.2) is 0 Å². The third kappa shape index (κ3) is 3.93. The molecule has 0 aliphatic carbocycles. The molecule has 2 rings (SSSR count). The Hall–Kier alpha value is -1.17. The lowest BCUT2D eigenvalue weighted by atomic mass is 9.79. The molecule has 0 amide bonds. The molecule has 1 aliphatic heterocycles. The highest BCUT2D eigenvalue weighted by atomic mass is 35.5. The lowest BCUT2D eigenvalue weighted by Crippen LogP contribution is -2.52. The van der Waals surface area contributed by atoms with Crippen molar-refractivity contribution in [1.82, 2.24) is 4.90 Å². The highest BCUT2D eigenvalue weighted by Gasteiger charge is 2.33. The number of nitro benzene ring substituents is 1. The summed E-state index contributed by atoms with van der Waals surface area (Å²) in [6.07, 6.45) is 0.973. The molecule has 21 heavy (non-hydrogen) atoms. The van der Waals surface area contributed by atoms with Crippen LogP contribution in [0.15, 0.2) is 18.2 Å². The summed E-state index contributed by atoms with van der Waals surface area (Å²) < 4.78 is 0. The van der Waals surface area contributed by atoms with Crippen molar-refractivity contribution in [3.63, 3.8) is 0 Å². The minimum Gasteiger partial charge on any atom is -0.327 e. The molecular weight excluding hydrogens is 290 g/mol. The van der Waals surface area contributed by atoms with Crippen molar-refractivity contribution < 1.29 is 4.92 Å². The van der Waals surface area contributed by atoms with Crippen molar-refractivity contribution in [3.05, 3.63) is 39.4 Å². The van der Waals surface area contributed by atoms with E-state index in [4.69, 9.17) is 5.73 Å². The number of nitrogens with two attached hydrogens (primary N) is 1. The zero-order valence-electron chi connectivity index (χ0n) is 12.8. The lowest BCUT2D eigenvalue weighted by molar-refractivity contribution is -0.385. The van der Waals surface area contributed by atoms with Gasteiger partial charge in [-0.15, -0.1) is 12.4 Å². The van der Waals surface area contributed by atoms with Crippen molar-refractivity contribution in [2.45, 2.75) is 39.8 Å². The van der Waals surface area contributed by atoms with Gasteiger partial charge in [0.1, 0.15) is 0 Å². The number of likely N-dealkylation sites (tertiary alicyclic amines) is 1. The first-order chi connectivity index (χ1) is 9.31. The second-order valence-electron chi connectivity index (χ2n) is 6.41. The Morgan fingerprint density at radius 3 is 2.71 bits per heavy atom. The van der Waals surface area contributed by atoms with E-state index >= 15 is 0 Å². The minimum atomic E-state index is -0.311. The summed E-state index contributed by atoms with van der Waals surface area (Å²) in [6, 6.07) is 5.53. The zero-order chi connectivity index (χ0) is 14.9. The molecule has 1 aliphatic rings. The Bertz CT molecular complexity index is 520. The molecule has 0 radical (unpaired) electrons. The first kappa shape index (κ1) is 17.9. The summed E-state index contributed by atoms with van der Waals surface area (Å²) in [5.41, 5.74) is 8.24. The predicted octanol–water partition coefficient (Wildman–Crippen LogP) is 2.88. The van der Waals surface area contributed by atoms with Gasteiger partial charge in [-0.3, -0.25) is 15.0 Å². The second-order valence-corrected chi connectivity index (χ2v) is 6.41. The maximum Gasteiger partial charge on any atom is 0.272 e. The summed E-state index contributed by atoms with van der Waals surface area (Å²) >= 11 is 0. The normalized spacial score (nSPS) is 21.6. The van der Waals surface area contributed by atoms with E-state index in [0.717, 1.165) is 37.2 Å². The fourth-order valence-corrected chi connectivity index (χ4v) is 2.90. The van der Waals surface area contributed by atoms with Crippen LogP contribution in [0.2, 0.25) is 0 Å². The Kier molecular flexibility index (Phi) is 5.73. The highest BCUT2D eigenvalue weighted by molar-refractivity contribution is 5.85. The number of halogens is 1. The van der Waals surface area contributed by atoms with Gasteiger partial charge in [0, 0.05) is 37.3 Å². The molecule has 1 aromatic rings. The van der Waals surface area contributed by atoms with Crippen LogP contribution in [0.4, 0.5) is 5.69 Å². The Morgan fingerprint density at radius 2 is 2.14 bits per heavy atom. The van der Waals surface area contributed by atoms with Crippen LogP contribution in [0.3, 0.4) is 0 Å². The predicted molar refractivity (Wildman–Crippen MR) is 86.7 cm³/mol. The van der Waals surface area contributed by atoms with Gasteiger partial charge in [0.25, 0.3) is 5.69 Å². The number of hydrogen-bond acceptors (Lipinski definition) is 4. The van der Waals surface area contributed by atoms with Crippen molar-refractivity contribution in [2.75, 3.05) is 13.1 Å². The summed E-state index contributed by atoms with van der Waals surface area (Å²) in [7, 11) is 0. The SMILES string of the molecule is Cc1c(CN2CCC(N)C(C)(C)C2)cccc1[N+](=O)[O-].Cl. The molecule has 5 nitrogen and oxygen atoms in total. The molecule has 1 saturated heterocycles. The molecule has 6 heteroatoms. The molecule has 2 N–H and O–H groups in total. The Balaban J connectivity index is 0.00000220. The molecule has 0 aromatic heterocycles. The van der Waals surface area contributed by atoms with Crippen LogP contribution in [0.1, 0.15) is 31.4 Å². The van der Waals surface area contributed by atoms with Crippen LogP contribution >= 0.6 is 12.4 Å². The van der Waals surface area contributed by atoms with Gasteiger partial charge in [-0.05, 0) is 24.3 Å². The topological polar surface area (TPSA) is 72.4 Å². The van der Waals surface area contributed by atoms with Crippen molar-refractivity contribution in [3.8, 4) is 0 Å². The maximum absolute atomic E-state index is 11.0. The standard InChI is InChI=1S/C15H23N3O2.ClH/c1-11-12(5-4-6-13(11)18(19)20)9-17-8-7-14(16)15(2,3)10-17;/h4-6,14H,7-10,16H2,1-3H3;1H. The van der Waals surface area contributed by atoms with Gasteiger partial charge in [0.05, 0.1) is 4.92 Å². The Morgan fingerprint density at radius 1 is 1.48 bits per heavy atom. The summed E-state index contributed by atoms with van der Waals surface area (Å²) in [5, 5.41) is 11.0. The van der Waals surface area contributed by atoms with Crippen LogP contribution < -0.4 is 5.73 Å². The molecule has 0 saturated carbocycles. The van der Waals surface area contributed by atoms with E-state index in [1.165, 1.54) is 0 Å². The molecule has 118 valence electrons. The maximum atomic E-state index is 11.0. The van der Waals surface area contributed by atoms with Gasteiger partial charge < -0.3 is 5.73 Å². The molecule has 1 aromatic carbocycles. The number of nitrogens with zero attached hydrogens (tertiary/aromatic N) is 2. The molecular formula is C15H24ClN3O2. The van der Waals surface area contributed by atoms with Crippen LogP contribution in [0, 0.1) is 22.5 Å². The van der Waals surface area contributed by atoms with Crippen molar-refractivity contribution in [1.29, 1.82) is 0 Å². The van der Waals surface area contributed by atoms with Crippen molar-refractivity contribution >= 4 is 18.1 Å². The van der Waals surface area contributed by atoms with Gasteiger partial charge in [-0.1, -0.05) is 26.0 Å². The van der Waals surface area contributed by atoms with Gasteiger partial charge in [-0.2, -0.15) is 0 Å². The molecule has 1 unspecified atom stereocenters. The van der Waals surface area contributed by atoms with E-state index in [0.29, 0.717) is 0 Å². The van der Waals surface area contributed by atoms with Gasteiger partial charge in [0.2, 0.25) is 0 Å². The molecule has 1 fully saturated rings. The summed E-state index contributed by atoms with van der Waals surface area (Å²) in [6.45, 7) is 8.83. The number of nitro groups is 1. The quantitative estimate of drug-likeness (QED) is 0.688. The lowest BCUT2D eigenvalue weighted by Gasteiger charge is -2.42. The third-order valence-electron chi connectivity index (χ3n) is 4.40. The fourth-order valence-electron chi connectivity index (χ4n) is 2.90. The average molecular weight is 314 g/mol. The molecule has 1 atom stereocenters. The Labute approximate surface area is 132 Å². The minimum absolute atomic E-state index is 0. The second kappa shape index (κ2) is 6.73. The van der Waals surface area contributed by atoms with Gasteiger partial charge >= 0.3 is 0 Å². The average Bonchev–Trinajstić information content (AvgIpc) is 2.35. The fraction of sp³-hybridized carbons (Fsp3) is 0.600. The molecule has 0 spiro atoms. The summed E-state index contributed by atoms with van der Waals surface area (Å²) in [4.78, 5) is 13.0. The monoisotopic (exact) mass is 313 g/mol. The van der Waals surface area contributed by atoms with E-state index in [9.17, 15) is 10.1 Å². The smallest absolute Gasteiger partial charge is 0.272 e. The van der Waals surface area contributed by atoms with E-state index in [-0.39, 0.29) is 34.5 Å². The van der Waals surface area contributed by atoms with Crippen molar-refractivity contribution in [2.24, 2.45) is 11.1 Å². The largest absolute Gasteiger partial charge is 0.327 e. The zero-order valence-corrected chi connectivity index (χ0v) is 13.7. The molecule has 0 bridgehead atoms. The van der Waals surface area contributed by atoms with Gasteiger partial charge in [-0.25, -0.2) is 0 Å². The number of rotatable bonds is 3. The van der Waals surface area contributed by atoms with E-state index in [1.54, 1.807) is 12.1 Å². The van der Waals surface area contributed by atoms with Crippen LogP contribution in [-0.2, 0) is 6.54 Å². The highest BCUT2D eigenvalue weighted by Crippen LogP contribution is 2.30. The van der Waals surface area contributed by atoms with E-state index in [1.807, 2.05) is 13.0 Å². The van der Waals surface area contributed by atoms with Crippen LogP contribution in [-0.4, -0.2) is 29.0 Å². The number of hydrogen-bond donors (Lipinski definition) is 1. The molecule has 1 heterocycles. The van der Waals surface area contributed by atoms with E-state index < -0.39 is 0 Å². The van der Waals surface area contributed by atoms with E-state index in [2.05, 4.69) is 18.7 Å². The van der Waals surface area contributed by atoms with Crippen LogP contribution in [0.5, 0.6) is 0 Å². The van der Waals surface area contributed by atoms with Crippen LogP contribution in [0.25, 0.3) is 0 Å².